The predicted octanol–water partition coefficient (Wildman–Crippen LogP) is 2.57. The SMILES string of the molecule is CCc1cc(CN2CCCNC3(CCCC3)C2)n(CC)n1. The molecule has 1 saturated heterocycles. The summed E-state index contributed by atoms with van der Waals surface area (Å²) in [6, 6.07) is 2.31. The third kappa shape index (κ3) is 3.32. The van der Waals surface area contributed by atoms with Crippen LogP contribution in [0.15, 0.2) is 6.07 Å². The largest absolute Gasteiger partial charge is 0.310 e. The molecule has 0 bridgehead atoms. The maximum atomic E-state index is 4.70. The molecule has 1 aliphatic heterocycles. The van der Waals surface area contributed by atoms with E-state index in [4.69, 9.17) is 5.10 Å². The summed E-state index contributed by atoms with van der Waals surface area (Å²) in [5.41, 5.74) is 3.03. The van der Waals surface area contributed by atoms with Crippen molar-refractivity contribution in [3.63, 3.8) is 0 Å². The first-order chi connectivity index (χ1) is 10.2. The van der Waals surface area contributed by atoms with E-state index in [1.165, 1.54) is 63.1 Å². The van der Waals surface area contributed by atoms with E-state index in [2.05, 4.69) is 34.8 Å². The van der Waals surface area contributed by atoms with E-state index in [9.17, 15) is 0 Å². The number of hydrogen-bond donors (Lipinski definition) is 1. The summed E-state index contributed by atoms with van der Waals surface area (Å²) in [5.74, 6) is 0. The van der Waals surface area contributed by atoms with E-state index in [1.54, 1.807) is 0 Å². The lowest BCUT2D eigenvalue weighted by molar-refractivity contribution is 0.199. The molecule has 0 radical (unpaired) electrons. The van der Waals surface area contributed by atoms with Crippen LogP contribution in [0.25, 0.3) is 0 Å². The number of aromatic nitrogens is 2. The van der Waals surface area contributed by atoms with Crippen LogP contribution >= 0.6 is 0 Å². The zero-order valence-electron chi connectivity index (χ0n) is 13.7. The van der Waals surface area contributed by atoms with Gasteiger partial charge in [-0.3, -0.25) is 9.58 Å². The van der Waals surface area contributed by atoms with Crippen molar-refractivity contribution in [1.82, 2.24) is 20.0 Å². The minimum Gasteiger partial charge on any atom is -0.310 e. The normalized spacial score (nSPS) is 22.8. The minimum absolute atomic E-state index is 0.404. The van der Waals surface area contributed by atoms with Crippen molar-refractivity contribution in [3.05, 3.63) is 17.5 Å². The summed E-state index contributed by atoms with van der Waals surface area (Å²) in [4.78, 5) is 2.66. The van der Waals surface area contributed by atoms with Crippen LogP contribution < -0.4 is 5.32 Å². The van der Waals surface area contributed by atoms with Gasteiger partial charge in [0.15, 0.2) is 0 Å². The molecule has 3 rings (SSSR count). The molecule has 2 aliphatic rings. The van der Waals surface area contributed by atoms with Crippen LogP contribution in [-0.2, 0) is 19.5 Å². The van der Waals surface area contributed by atoms with Crippen molar-refractivity contribution in [1.29, 1.82) is 0 Å². The topological polar surface area (TPSA) is 33.1 Å². The first-order valence-corrected chi connectivity index (χ1v) is 8.78. The van der Waals surface area contributed by atoms with Gasteiger partial charge in [-0.15, -0.1) is 0 Å². The molecule has 2 fully saturated rings. The Kier molecular flexibility index (Phi) is 4.65. The second-order valence-corrected chi connectivity index (χ2v) is 6.77. The molecule has 1 aliphatic carbocycles. The van der Waals surface area contributed by atoms with Gasteiger partial charge in [0.05, 0.1) is 11.4 Å². The molecule has 0 aromatic carbocycles. The third-order valence-electron chi connectivity index (χ3n) is 5.20. The predicted molar refractivity (Wildman–Crippen MR) is 86.4 cm³/mol. The van der Waals surface area contributed by atoms with Crippen molar-refractivity contribution >= 4 is 0 Å². The molecule has 4 nitrogen and oxygen atoms in total. The monoisotopic (exact) mass is 290 g/mol. The van der Waals surface area contributed by atoms with E-state index in [0.717, 1.165) is 19.5 Å². The second-order valence-electron chi connectivity index (χ2n) is 6.77. The molecule has 118 valence electrons. The maximum absolute atomic E-state index is 4.70. The summed E-state index contributed by atoms with van der Waals surface area (Å²) in [6.07, 6.45) is 7.81. The highest BCUT2D eigenvalue weighted by molar-refractivity contribution is 5.11. The first kappa shape index (κ1) is 15.0. The van der Waals surface area contributed by atoms with Gasteiger partial charge in [0.2, 0.25) is 0 Å². The summed E-state index contributed by atoms with van der Waals surface area (Å²) in [6.45, 7) is 10.0. The van der Waals surface area contributed by atoms with Gasteiger partial charge in [-0.25, -0.2) is 0 Å². The van der Waals surface area contributed by atoms with Gasteiger partial charge in [-0.05, 0) is 51.8 Å². The second kappa shape index (κ2) is 6.49. The lowest BCUT2D eigenvalue weighted by Crippen LogP contribution is -2.49. The molecule has 1 spiro atoms. The molecule has 4 heteroatoms. The highest BCUT2D eigenvalue weighted by atomic mass is 15.3. The van der Waals surface area contributed by atoms with E-state index in [-0.39, 0.29) is 0 Å². The van der Waals surface area contributed by atoms with Gasteiger partial charge < -0.3 is 5.32 Å². The van der Waals surface area contributed by atoms with Gasteiger partial charge in [0.1, 0.15) is 0 Å². The average molecular weight is 290 g/mol. The quantitative estimate of drug-likeness (QED) is 0.925. The molecular weight excluding hydrogens is 260 g/mol. The number of aryl methyl sites for hydroxylation is 2. The lowest BCUT2D eigenvalue weighted by Gasteiger charge is -2.33. The van der Waals surface area contributed by atoms with Crippen LogP contribution in [0.3, 0.4) is 0 Å². The summed E-state index contributed by atoms with van der Waals surface area (Å²) in [5, 5.41) is 8.55. The Labute approximate surface area is 128 Å². The standard InChI is InChI=1S/C17H30N4/c1-3-15-12-16(21(4-2)19-15)13-20-11-7-10-18-17(14-20)8-5-6-9-17/h12,18H,3-11,13-14H2,1-2H3. The average Bonchev–Trinajstić information content (AvgIpc) is 3.04. The summed E-state index contributed by atoms with van der Waals surface area (Å²) in [7, 11) is 0. The number of hydrogen-bond acceptors (Lipinski definition) is 3. The summed E-state index contributed by atoms with van der Waals surface area (Å²) >= 11 is 0. The Morgan fingerprint density at radius 1 is 1.24 bits per heavy atom. The van der Waals surface area contributed by atoms with Crippen LogP contribution in [0.4, 0.5) is 0 Å². The molecule has 0 amide bonds. The Bertz CT molecular complexity index is 459. The van der Waals surface area contributed by atoms with E-state index >= 15 is 0 Å². The van der Waals surface area contributed by atoms with Crippen LogP contribution in [0, 0.1) is 0 Å². The molecule has 1 N–H and O–H groups in total. The molecular formula is C17H30N4. The molecule has 0 unspecified atom stereocenters. The molecule has 2 heterocycles. The van der Waals surface area contributed by atoms with E-state index in [1.807, 2.05) is 0 Å². The zero-order valence-corrected chi connectivity index (χ0v) is 13.7. The highest BCUT2D eigenvalue weighted by Crippen LogP contribution is 2.32. The third-order valence-corrected chi connectivity index (χ3v) is 5.20. The lowest BCUT2D eigenvalue weighted by atomic mass is 9.97. The van der Waals surface area contributed by atoms with Crippen molar-refractivity contribution < 1.29 is 0 Å². The zero-order chi connectivity index (χ0) is 14.7. The minimum atomic E-state index is 0.404. The number of nitrogens with zero attached hydrogens (tertiary/aromatic N) is 3. The smallest absolute Gasteiger partial charge is 0.0625 e. The van der Waals surface area contributed by atoms with Crippen LogP contribution in [0.1, 0.15) is 57.3 Å². The Morgan fingerprint density at radius 3 is 2.76 bits per heavy atom. The fourth-order valence-corrected chi connectivity index (χ4v) is 4.06. The molecule has 1 saturated carbocycles. The molecule has 0 atom stereocenters. The fraction of sp³-hybridized carbons (Fsp3) is 0.824. The van der Waals surface area contributed by atoms with Crippen molar-refractivity contribution in [3.8, 4) is 0 Å². The van der Waals surface area contributed by atoms with Gasteiger partial charge in [0, 0.05) is 25.2 Å². The first-order valence-electron chi connectivity index (χ1n) is 8.78. The van der Waals surface area contributed by atoms with Gasteiger partial charge >= 0.3 is 0 Å². The van der Waals surface area contributed by atoms with Crippen LogP contribution in [0.2, 0.25) is 0 Å². The van der Waals surface area contributed by atoms with Crippen molar-refractivity contribution in [2.45, 2.75) is 71.0 Å². The van der Waals surface area contributed by atoms with Crippen LogP contribution in [-0.4, -0.2) is 39.9 Å². The molecule has 1 aromatic rings. The van der Waals surface area contributed by atoms with Crippen molar-refractivity contribution in [2.24, 2.45) is 0 Å². The van der Waals surface area contributed by atoms with Gasteiger partial charge in [-0.2, -0.15) is 5.10 Å². The highest BCUT2D eigenvalue weighted by Gasteiger charge is 2.36. The number of nitrogens with one attached hydrogen (secondary N) is 1. The van der Waals surface area contributed by atoms with Gasteiger partial charge in [-0.1, -0.05) is 19.8 Å². The number of rotatable bonds is 4. The van der Waals surface area contributed by atoms with Crippen molar-refractivity contribution in [2.75, 3.05) is 19.6 Å². The Balaban J connectivity index is 1.72. The maximum Gasteiger partial charge on any atom is 0.0625 e. The van der Waals surface area contributed by atoms with Gasteiger partial charge in [0.25, 0.3) is 0 Å². The van der Waals surface area contributed by atoms with Crippen LogP contribution in [0.5, 0.6) is 0 Å². The summed E-state index contributed by atoms with van der Waals surface area (Å²) < 4.78 is 2.19. The molecule has 21 heavy (non-hydrogen) atoms. The Hall–Kier alpha value is -0.870. The molecule has 1 aromatic heterocycles. The fourth-order valence-electron chi connectivity index (χ4n) is 4.06. The van der Waals surface area contributed by atoms with E-state index in [0.29, 0.717) is 5.54 Å². The Morgan fingerprint density at radius 2 is 2.05 bits per heavy atom. The van der Waals surface area contributed by atoms with E-state index < -0.39 is 0 Å².